The summed E-state index contributed by atoms with van der Waals surface area (Å²) >= 11 is 3.34. The molecule has 1 N–H and O–H groups in total. The van der Waals surface area contributed by atoms with E-state index in [1.54, 1.807) is 12.1 Å². The first-order valence-corrected chi connectivity index (χ1v) is 6.21. The second-order valence-corrected chi connectivity index (χ2v) is 4.88. The van der Waals surface area contributed by atoms with Crippen LogP contribution in [0.15, 0.2) is 40.9 Å². The van der Waals surface area contributed by atoms with E-state index in [2.05, 4.69) is 15.9 Å². The summed E-state index contributed by atoms with van der Waals surface area (Å²) in [6, 6.07) is 9.42. The summed E-state index contributed by atoms with van der Waals surface area (Å²) in [5, 5.41) is 9.44. The molecule has 0 amide bonds. The van der Waals surface area contributed by atoms with Crippen LogP contribution in [0.25, 0.3) is 0 Å². The third-order valence-corrected chi connectivity index (χ3v) is 3.21. The highest BCUT2D eigenvalue weighted by Crippen LogP contribution is 2.24. The van der Waals surface area contributed by atoms with Crippen LogP contribution in [0, 0.1) is 12.7 Å². The molecule has 18 heavy (non-hydrogen) atoms. The number of aryl methyl sites for hydroxylation is 1. The summed E-state index contributed by atoms with van der Waals surface area (Å²) in [5.74, 6) is 0.413. The molecule has 0 radical (unpaired) electrons. The lowest BCUT2D eigenvalue weighted by molar-refractivity contribution is 0.303. The van der Waals surface area contributed by atoms with Gasteiger partial charge in [-0.1, -0.05) is 15.9 Å². The molecular weight excluding hydrogens is 299 g/mol. The van der Waals surface area contributed by atoms with Gasteiger partial charge in [0, 0.05) is 16.1 Å². The highest BCUT2D eigenvalue weighted by molar-refractivity contribution is 9.10. The molecule has 0 unspecified atom stereocenters. The lowest BCUT2D eigenvalue weighted by Gasteiger charge is -2.09. The van der Waals surface area contributed by atoms with Gasteiger partial charge >= 0.3 is 0 Å². The van der Waals surface area contributed by atoms with Crippen LogP contribution in [0.2, 0.25) is 0 Å². The van der Waals surface area contributed by atoms with Gasteiger partial charge in [0.05, 0.1) is 0 Å². The van der Waals surface area contributed by atoms with Gasteiger partial charge < -0.3 is 9.84 Å². The van der Waals surface area contributed by atoms with Gasteiger partial charge in [0.25, 0.3) is 0 Å². The van der Waals surface area contributed by atoms with Crippen molar-refractivity contribution in [3.05, 3.63) is 57.8 Å². The fourth-order valence-electron chi connectivity index (χ4n) is 1.63. The molecule has 0 bridgehead atoms. The number of rotatable bonds is 3. The summed E-state index contributed by atoms with van der Waals surface area (Å²) in [5.41, 5.74) is 1.62. The van der Waals surface area contributed by atoms with Crippen LogP contribution in [0.4, 0.5) is 4.39 Å². The van der Waals surface area contributed by atoms with Gasteiger partial charge in [-0.25, -0.2) is 4.39 Å². The topological polar surface area (TPSA) is 29.5 Å². The Labute approximate surface area is 113 Å². The molecule has 0 aliphatic rings. The Balaban J connectivity index is 2.13. The maximum atomic E-state index is 13.1. The van der Waals surface area contributed by atoms with E-state index in [-0.39, 0.29) is 18.2 Å². The number of hydrogen-bond donors (Lipinski definition) is 1. The normalized spacial score (nSPS) is 10.4. The van der Waals surface area contributed by atoms with Gasteiger partial charge in [0.1, 0.15) is 23.9 Å². The molecule has 4 heteroatoms. The molecule has 0 aromatic heterocycles. The summed E-state index contributed by atoms with van der Waals surface area (Å²) in [4.78, 5) is 0. The van der Waals surface area contributed by atoms with E-state index in [4.69, 9.17) is 4.74 Å². The quantitative estimate of drug-likeness (QED) is 0.921. The van der Waals surface area contributed by atoms with Gasteiger partial charge in [-0.05, 0) is 42.8 Å². The zero-order chi connectivity index (χ0) is 13.1. The molecule has 2 aromatic rings. The summed E-state index contributed by atoms with van der Waals surface area (Å²) in [6.45, 7) is 2.10. The number of halogens is 2. The van der Waals surface area contributed by atoms with Gasteiger partial charge in [-0.3, -0.25) is 0 Å². The molecule has 0 heterocycles. The zero-order valence-electron chi connectivity index (χ0n) is 9.78. The van der Waals surface area contributed by atoms with Crippen molar-refractivity contribution in [1.82, 2.24) is 0 Å². The molecule has 0 aliphatic carbocycles. The van der Waals surface area contributed by atoms with Crippen molar-refractivity contribution in [2.75, 3.05) is 0 Å². The molecule has 0 saturated heterocycles. The van der Waals surface area contributed by atoms with Crippen LogP contribution in [-0.2, 0) is 6.61 Å². The molecular formula is C14H12BrFO2. The fraction of sp³-hybridized carbons (Fsp3) is 0.143. The van der Waals surface area contributed by atoms with Crippen molar-refractivity contribution in [2.24, 2.45) is 0 Å². The highest BCUT2D eigenvalue weighted by Gasteiger charge is 2.04. The maximum Gasteiger partial charge on any atom is 0.123 e. The lowest BCUT2D eigenvalue weighted by atomic mass is 10.2. The first kappa shape index (κ1) is 12.9. The van der Waals surface area contributed by atoms with Crippen LogP contribution < -0.4 is 4.74 Å². The molecule has 0 spiro atoms. The van der Waals surface area contributed by atoms with E-state index < -0.39 is 0 Å². The lowest BCUT2D eigenvalue weighted by Crippen LogP contribution is -1.97. The van der Waals surface area contributed by atoms with E-state index in [1.807, 2.05) is 13.0 Å². The minimum atomic E-state index is -0.302. The number of aromatic hydroxyl groups is 1. The van der Waals surface area contributed by atoms with E-state index in [0.717, 1.165) is 15.6 Å². The van der Waals surface area contributed by atoms with Crippen molar-refractivity contribution in [1.29, 1.82) is 0 Å². The Morgan fingerprint density at radius 1 is 1.22 bits per heavy atom. The van der Waals surface area contributed by atoms with Crippen LogP contribution in [0.1, 0.15) is 11.1 Å². The number of benzene rings is 2. The molecule has 0 atom stereocenters. The number of phenolic OH excluding ortho intramolecular Hbond substituents is 1. The molecule has 94 valence electrons. The van der Waals surface area contributed by atoms with E-state index >= 15 is 0 Å². The van der Waals surface area contributed by atoms with E-state index in [1.165, 1.54) is 18.2 Å². The number of hydrogen-bond acceptors (Lipinski definition) is 2. The first-order chi connectivity index (χ1) is 8.54. The summed E-state index contributed by atoms with van der Waals surface area (Å²) in [6.07, 6.45) is 0. The van der Waals surface area contributed by atoms with Crippen molar-refractivity contribution in [3.8, 4) is 11.5 Å². The standard InChI is InChI=1S/C14H12BrFO2/c1-9-4-12(17)7-13(5-9)18-8-10-6-11(16)2-3-14(10)15/h2-7,17H,8H2,1H3. The van der Waals surface area contributed by atoms with Gasteiger partial charge in [-0.15, -0.1) is 0 Å². The molecule has 2 nitrogen and oxygen atoms in total. The van der Waals surface area contributed by atoms with Gasteiger partial charge in [0.2, 0.25) is 0 Å². The van der Waals surface area contributed by atoms with Crippen molar-refractivity contribution in [3.63, 3.8) is 0 Å². The van der Waals surface area contributed by atoms with E-state index in [9.17, 15) is 9.50 Å². The Morgan fingerprint density at radius 3 is 2.72 bits per heavy atom. The van der Waals surface area contributed by atoms with Crippen LogP contribution in [-0.4, -0.2) is 5.11 Å². The second-order valence-electron chi connectivity index (χ2n) is 4.03. The molecule has 0 saturated carbocycles. The van der Waals surface area contributed by atoms with Gasteiger partial charge in [-0.2, -0.15) is 0 Å². The highest BCUT2D eigenvalue weighted by atomic mass is 79.9. The fourth-order valence-corrected chi connectivity index (χ4v) is 1.99. The van der Waals surface area contributed by atoms with Gasteiger partial charge in [0.15, 0.2) is 0 Å². The van der Waals surface area contributed by atoms with Crippen LogP contribution in [0.5, 0.6) is 11.5 Å². The largest absolute Gasteiger partial charge is 0.508 e. The van der Waals surface area contributed by atoms with Crippen molar-refractivity contribution >= 4 is 15.9 Å². The minimum absolute atomic E-state index is 0.156. The first-order valence-electron chi connectivity index (χ1n) is 5.42. The van der Waals surface area contributed by atoms with E-state index in [0.29, 0.717) is 5.75 Å². The maximum absolute atomic E-state index is 13.1. The van der Waals surface area contributed by atoms with Crippen LogP contribution in [0.3, 0.4) is 0 Å². The average Bonchev–Trinajstić information content (AvgIpc) is 2.29. The summed E-state index contributed by atoms with van der Waals surface area (Å²) in [7, 11) is 0. The summed E-state index contributed by atoms with van der Waals surface area (Å²) < 4.78 is 19.4. The third-order valence-electron chi connectivity index (χ3n) is 2.44. The Morgan fingerprint density at radius 2 is 2.00 bits per heavy atom. The van der Waals surface area contributed by atoms with Crippen molar-refractivity contribution < 1.29 is 14.2 Å². The molecule has 0 fully saturated rings. The predicted octanol–water partition coefficient (Wildman–Crippen LogP) is 4.18. The van der Waals surface area contributed by atoms with Crippen molar-refractivity contribution in [2.45, 2.75) is 13.5 Å². The SMILES string of the molecule is Cc1cc(O)cc(OCc2cc(F)ccc2Br)c1. The smallest absolute Gasteiger partial charge is 0.123 e. The Bertz CT molecular complexity index is 549. The zero-order valence-corrected chi connectivity index (χ0v) is 11.4. The predicted molar refractivity (Wildman–Crippen MR) is 71.3 cm³/mol. The van der Waals surface area contributed by atoms with Crippen LogP contribution >= 0.6 is 15.9 Å². The number of ether oxygens (including phenoxy) is 1. The second kappa shape index (κ2) is 5.40. The number of phenols is 1. The molecule has 2 aromatic carbocycles. The monoisotopic (exact) mass is 310 g/mol. The Hall–Kier alpha value is -1.55. The minimum Gasteiger partial charge on any atom is -0.508 e. The average molecular weight is 311 g/mol. The molecule has 2 rings (SSSR count). The molecule has 0 aliphatic heterocycles. The Kier molecular flexibility index (Phi) is 3.87. The third kappa shape index (κ3) is 3.23.